The average Bonchev–Trinajstić information content (AvgIpc) is 3.24. The van der Waals surface area contributed by atoms with Crippen LogP contribution in [0.5, 0.6) is 0 Å². The highest BCUT2D eigenvalue weighted by Gasteiger charge is 1.99. The van der Waals surface area contributed by atoms with Gasteiger partial charge < -0.3 is 24.2 Å². The van der Waals surface area contributed by atoms with Gasteiger partial charge in [-0.25, -0.2) is 0 Å². The van der Waals surface area contributed by atoms with E-state index in [1.54, 1.807) is 12.5 Å². The maximum atomic E-state index is 5.53. The van der Waals surface area contributed by atoms with Gasteiger partial charge in [-0.3, -0.25) is 4.99 Å². The summed E-state index contributed by atoms with van der Waals surface area (Å²) in [6.07, 6.45) is 5.05. The average molecular weight is 319 g/mol. The number of nitrogens with zero attached hydrogens (tertiary/aromatic N) is 1. The molecule has 0 radical (unpaired) electrons. The van der Waals surface area contributed by atoms with Crippen molar-refractivity contribution in [2.75, 3.05) is 26.2 Å². The Morgan fingerprint density at radius 2 is 1.91 bits per heavy atom. The maximum Gasteiger partial charge on any atom is 0.191 e. The molecule has 0 spiro atoms. The molecule has 2 aromatic heterocycles. The van der Waals surface area contributed by atoms with Crippen LogP contribution in [-0.4, -0.2) is 32.2 Å². The predicted octanol–water partition coefficient (Wildman–Crippen LogP) is 2.58. The molecule has 0 atom stereocenters. The Balaban J connectivity index is 1.58. The second-order valence-electron chi connectivity index (χ2n) is 5.00. The molecular weight excluding hydrogens is 294 g/mol. The molecule has 6 heteroatoms. The van der Waals surface area contributed by atoms with Gasteiger partial charge in [-0.1, -0.05) is 0 Å². The SMILES string of the molecule is CCNC(=NCCCOCc1ccco1)NCCc1ccco1. The molecule has 6 nitrogen and oxygen atoms in total. The highest BCUT2D eigenvalue weighted by atomic mass is 16.5. The van der Waals surface area contributed by atoms with Crippen LogP contribution < -0.4 is 10.6 Å². The lowest BCUT2D eigenvalue weighted by molar-refractivity contribution is 0.105. The molecule has 0 saturated carbocycles. The van der Waals surface area contributed by atoms with E-state index in [-0.39, 0.29) is 0 Å². The van der Waals surface area contributed by atoms with Crippen LogP contribution in [0.4, 0.5) is 0 Å². The molecule has 0 bridgehead atoms. The molecule has 0 amide bonds. The number of aliphatic imine (C=N–C) groups is 1. The van der Waals surface area contributed by atoms with E-state index >= 15 is 0 Å². The monoisotopic (exact) mass is 319 g/mol. The number of guanidine groups is 1. The molecular formula is C17H25N3O3. The second-order valence-corrected chi connectivity index (χ2v) is 5.00. The summed E-state index contributed by atoms with van der Waals surface area (Å²) in [7, 11) is 0. The molecule has 126 valence electrons. The van der Waals surface area contributed by atoms with E-state index in [4.69, 9.17) is 13.6 Å². The van der Waals surface area contributed by atoms with Gasteiger partial charge in [-0.2, -0.15) is 0 Å². The molecule has 0 unspecified atom stereocenters. The van der Waals surface area contributed by atoms with Crippen LogP contribution in [-0.2, 0) is 17.8 Å². The van der Waals surface area contributed by atoms with Gasteiger partial charge >= 0.3 is 0 Å². The summed E-state index contributed by atoms with van der Waals surface area (Å²) >= 11 is 0. The Morgan fingerprint density at radius 1 is 1.13 bits per heavy atom. The first kappa shape index (κ1) is 17.1. The zero-order valence-corrected chi connectivity index (χ0v) is 13.6. The third kappa shape index (κ3) is 7.06. The summed E-state index contributed by atoms with van der Waals surface area (Å²) in [5.41, 5.74) is 0. The Bertz CT molecular complexity index is 535. The second kappa shape index (κ2) is 10.5. The maximum absolute atomic E-state index is 5.53. The van der Waals surface area contributed by atoms with Crippen molar-refractivity contribution in [2.45, 2.75) is 26.4 Å². The van der Waals surface area contributed by atoms with Crippen LogP contribution >= 0.6 is 0 Å². The smallest absolute Gasteiger partial charge is 0.191 e. The van der Waals surface area contributed by atoms with E-state index in [1.807, 2.05) is 24.3 Å². The van der Waals surface area contributed by atoms with E-state index in [2.05, 4.69) is 22.5 Å². The first-order valence-electron chi connectivity index (χ1n) is 8.03. The predicted molar refractivity (Wildman–Crippen MR) is 89.4 cm³/mol. The molecule has 23 heavy (non-hydrogen) atoms. The summed E-state index contributed by atoms with van der Waals surface area (Å²) in [4.78, 5) is 4.53. The minimum absolute atomic E-state index is 0.512. The van der Waals surface area contributed by atoms with E-state index < -0.39 is 0 Å². The number of ether oxygens (including phenoxy) is 1. The fourth-order valence-corrected chi connectivity index (χ4v) is 2.03. The van der Waals surface area contributed by atoms with Gasteiger partial charge in [0, 0.05) is 32.7 Å². The summed E-state index contributed by atoms with van der Waals surface area (Å²) in [6, 6.07) is 7.64. The molecule has 2 heterocycles. The van der Waals surface area contributed by atoms with Crippen LogP contribution in [0.2, 0.25) is 0 Å². The first-order valence-corrected chi connectivity index (χ1v) is 8.03. The van der Waals surface area contributed by atoms with Crippen molar-refractivity contribution in [3.8, 4) is 0 Å². The van der Waals surface area contributed by atoms with Crippen molar-refractivity contribution < 1.29 is 13.6 Å². The number of hydrogen-bond donors (Lipinski definition) is 2. The lowest BCUT2D eigenvalue weighted by Gasteiger charge is -2.10. The van der Waals surface area contributed by atoms with Crippen LogP contribution in [0.25, 0.3) is 0 Å². The van der Waals surface area contributed by atoms with Crippen LogP contribution in [0.1, 0.15) is 24.9 Å². The molecule has 2 aromatic rings. The van der Waals surface area contributed by atoms with E-state index in [1.165, 1.54) is 0 Å². The van der Waals surface area contributed by atoms with Crippen molar-refractivity contribution in [1.82, 2.24) is 10.6 Å². The minimum Gasteiger partial charge on any atom is -0.469 e. The molecule has 0 fully saturated rings. The Hall–Kier alpha value is -2.21. The third-order valence-corrected chi connectivity index (χ3v) is 3.13. The van der Waals surface area contributed by atoms with Crippen LogP contribution in [0.15, 0.2) is 50.6 Å². The standard InChI is InChI=1S/C17H25N3O3/c1-2-18-17(20-10-8-15-6-3-12-22-15)19-9-5-11-21-14-16-7-4-13-23-16/h3-4,6-7,12-13H,2,5,8-11,14H2,1H3,(H2,18,19,20). The van der Waals surface area contributed by atoms with E-state index in [0.29, 0.717) is 19.8 Å². The van der Waals surface area contributed by atoms with Gasteiger partial charge in [-0.05, 0) is 37.6 Å². The zero-order chi connectivity index (χ0) is 16.2. The number of nitrogens with one attached hydrogen (secondary N) is 2. The van der Waals surface area contributed by atoms with E-state index in [0.717, 1.165) is 43.4 Å². The van der Waals surface area contributed by atoms with Crippen LogP contribution in [0, 0.1) is 0 Å². The molecule has 0 aliphatic heterocycles. The summed E-state index contributed by atoms with van der Waals surface area (Å²) < 4.78 is 16.0. The lowest BCUT2D eigenvalue weighted by atomic mass is 10.3. The molecule has 0 aliphatic rings. The van der Waals surface area contributed by atoms with Gasteiger partial charge in [0.15, 0.2) is 5.96 Å². The van der Waals surface area contributed by atoms with Crippen molar-refractivity contribution >= 4 is 5.96 Å². The fraction of sp³-hybridized carbons (Fsp3) is 0.471. The topological polar surface area (TPSA) is 71.9 Å². The Labute approximate surface area is 136 Å². The van der Waals surface area contributed by atoms with Gasteiger partial charge in [0.2, 0.25) is 0 Å². The van der Waals surface area contributed by atoms with Gasteiger partial charge in [-0.15, -0.1) is 0 Å². The Morgan fingerprint density at radius 3 is 2.61 bits per heavy atom. The zero-order valence-electron chi connectivity index (χ0n) is 13.6. The fourth-order valence-electron chi connectivity index (χ4n) is 2.03. The molecule has 2 rings (SSSR count). The van der Waals surface area contributed by atoms with Crippen LogP contribution in [0.3, 0.4) is 0 Å². The van der Waals surface area contributed by atoms with E-state index in [9.17, 15) is 0 Å². The van der Waals surface area contributed by atoms with Gasteiger partial charge in [0.05, 0.1) is 12.5 Å². The lowest BCUT2D eigenvalue weighted by Crippen LogP contribution is -2.38. The molecule has 0 aromatic carbocycles. The minimum atomic E-state index is 0.512. The summed E-state index contributed by atoms with van der Waals surface area (Å²) in [5, 5.41) is 6.52. The van der Waals surface area contributed by atoms with Gasteiger partial charge in [0.25, 0.3) is 0 Å². The molecule has 0 saturated heterocycles. The number of hydrogen-bond acceptors (Lipinski definition) is 4. The van der Waals surface area contributed by atoms with Crippen molar-refractivity contribution in [3.63, 3.8) is 0 Å². The molecule has 2 N–H and O–H groups in total. The third-order valence-electron chi connectivity index (χ3n) is 3.13. The highest BCUT2D eigenvalue weighted by Crippen LogP contribution is 2.02. The van der Waals surface area contributed by atoms with Crippen molar-refractivity contribution in [1.29, 1.82) is 0 Å². The quantitative estimate of drug-likeness (QED) is 0.400. The van der Waals surface area contributed by atoms with Gasteiger partial charge in [0.1, 0.15) is 18.1 Å². The largest absolute Gasteiger partial charge is 0.469 e. The number of furan rings is 2. The van der Waals surface area contributed by atoms with Crippen molar-refractivity contribution in [2.24, 2.45) is 4.99 Å². The Kier molecular flexibility index (Phi) is 7.83. The first-order chi connectivity index (χ1) is 11.4. The normalized spacial score (nSPS) is 11.6. The molecule has 0 aliphatic carbocycles. The summed E-state index contributed by atoms with van der Waals surface area (Å²) in [5.74, 6) is 2.64. The highest BCUT2D eigenvalue weighted by molar-refractivity contribution is 5.79. The summed E-state index contributed by atoms with van der Waals surface area (Å²) in [6.45, 7) is 5.56. The van der Waals surface area contributed by atoms with Crippen molar-refractivity contribution in [3.05, 3.63) is 48.3 Å². The number of rotatable bonds is 10.